The SMILES string of the molecule is CC.Cc1noc2c1C=CCC2. The Balaban J connectivity index is 0.000000336. The molecule has 1 aliphatic rings. The molecule has 1 aromatic heterocycles. The Hall–Kier alpha value is -1.05. The van der Waals surface area contributed by atoms with Crippen molar-refractivity contribution in [2.24, 2.45) is 0 Å². The van der Waals surface area contributed by atoms with E-state index in [1.807, 2.05) is 20.8 Å². The Morgan fingerprint density at radius 3 is 2.83 bits per heavy atom. The molecule has 2 nitrogen and oxygen atoms in total. The quantitative estimate of drug-likeness (QED) is 0.590. The molecule has 0 unspecified atom stereocenters. The van der Waals surface area contributed by atoms with Crippen LogP contribution in [0.1, 0.15) is 37.3 Å². The van der Waals surface area contributed by atoms with Crippen LogP contribution in [0.3, 0.4) is 0 Å². The number of nitrogens with zero attached hydrogens (tertiary/aromatic N) is 1. The molecule has 1 aliphatic carbocycles. The molecular weight excluding hydrogens is 150 g/mol. The molecule has 0 bridgehead atoms. The number of rotatable bonds is 0. The van der Waals surface area contributed by atoms with Crippen molar-refractivity contribution in [3.63, 3.8) is 0 Å². The van der Waals surface area contributed by atoms with Gasteiger partial charge in [0.15, 0.2) is 0 Å². The third-order valence-electron chi connectivity index (χ3n) is 1.81. The molecule has 0 saturated heterocycles. The van der Waals surface area contributed by atoms with E-state index in [0.29, 0.717) is 0 Å². The standard InChI is InChI=1S/C8H9NO.C2H6/c1-6-7-4-2-3-5-8(7)10-9-6;1-2/h2,4H,3,5H2,1H3;1-2H3. The number of aromatic nitrogens is 1. The van der Waals surface area contributed by atoms with Gasteiger partial charge in [0.25, 0.3) is 0 Å². The van der Waals surface area contributed by atoms with Crippen LogP contribution in [0.15, 0.2) is 10.6 Å². The molecule has 0 spiro atoms. The van der Waals surface area contributed by atoms with Gasteiger partial charge < -0.3 is 4.52 Å². The van der Waals surface area contributed by atoms with Crippen LogP contribution in [0.25, 0.3) is 6.08 Å². The number of aryl methyl sites for hydroxylation is 2. The summed E-state index contributed by atoms with van der Waals surface area (Å²) in [4.78, 5) is 0. The molecule has 0 aromatic carbocycles. The van der Waals surface area contributed by atoms with Crippen LogP contribution >= 0.6 is 0 Å². The molecule has 0 aliphatic heterocycles. The Kier molecular flexibility index (Phi) is 3.09. The highest BCUT2D eigenvalue weighted by Gasteiger charge is 2.11. The largest absolute Gasteiger partial charge is 0.360 e. The molecule has 0 N–H and O–H groups in total. The first-order chi connectivity index (χ1) is 5.88. The van der Waals surface area contributed by atoms with E-state index < -0.39 is 0 Å². The van der Waals surface area contributed by atoms with E-state index in [9.17, 15) is 0 Å². The first-order valence-corrected chi connectivity index (χ1v) is 4.49. The lowest BCUT2D eigenvalue weighted by Crippen LogP contribution is -1.89. The molecule has 0 fully saturated rings. The van der Waals surface area contributed by atoms with Gasteiger partial charge in [-0.25, -0.2) is 0 Å². The molecule has 0 saturated carbocycles. The van der Waals surface area contributed by atoms with Crippen LogP contribution in [-0.4, -0.2) is 5.16 Å². The monoisotopic (exact) mass is 165 g/mol. The van der Waals surface area contributed by atoms with E-state index >= 15 is 0 Å². The fourth-order valence-electron chi connectivity index (χ4n) is 1.23. The summed E-state index contributed by atoms with van der Waals surface area (Å²) in [5.41, 5.74) is 2.19. The van der Waals surface area contributed by atoms with Crippen LogP contribution in [0.5, 0.6) is 0 Å². The third-order valence-corrected chi connectivity index (χ3v) is 1.81. The zero-order chi connectivity index (χ0) is 8.97. The predicted molar refractivity (Wildman–Crippen MR) is 49.9 cm³/mol. The van der Waals surface area contributed by atoms with Crippen LogP contribution in [0.4, 0.5) is 0 Å². The number of hydrogen-bond acceptors (Lipinski definition) is 2. The predicted octanol–water partition coefficient (Wildman–Crippen LogP) is 2.97. The molecule has 1 aromatic rings. The second-order valence-electron chi connectivity index (χ2n) is 2.55. The van der Waals surface area contributed by atoms with Gasteiger partial charge in [-0.2, -0.15) is 0 Å². The van der Waals surface area contributed by atoms with Crippen molar-refractivity contribution in [3.05, 3.63) is 23.1 Å². The summed E-state index contributed by atoms with van der Waals surface area (Å²) in [6, 6.07) is 0. The Morgan fingerprint density at radius 2 is 2.17 bits per heavy atom. The van der Waals surface area contributed by atoms with Gasteiger partial charge >= 0.3 is 0 Å². The van der Waals surface area contributed by atoms with E-state index in [1.54, 1.807) is 0 Å². The lowest BCUT2D eigenvalue weighted by Gasteiger charge is -1.99. The smallest absolute Gasteiger partial charge is 0.144 e. The molecule has 2 rings (SSSR count). The van der Waals surface area contributed by atoms with Crippen molar-refractivity contribution < 1.29 is 4.52 Å². The zero-order valence-corrected chi connectivity index (χ0v) is 7.92. The van der Waals surface area contributed by atoms with Gasteiger partial charge in [0.2, 0.25) is 0 Å². The van der Waals surface area contributed by atoms with E-state index in [2.05, 4.69) is 17.3 Å². The van der Waals surface area contributed by atoms with E-state index in [4.69, 9.17) is 4.52 Å². The topological polar surface area (TPSA) is 26.0 Å². The van der Waals surface area contributed by atoms with Crippen LogP contribution < -0.4 is 0 Å². The van der Waals surface area contributed by atoms with Crippen LogP contribution in [0, 0.1) is 6.92 Å². The van der Waals surface area contributed by atoms with E-state index in [-0.39, 0.29) is 0 Å². The Morgan fingerprint density at radius 1 is 1.42 bits per heavy atom. The average Bonchev–Trinajstić information content (AvgIpc) is 2.53. The highest BCUT2D eigenvalue weighted by Crippen LogP contribution is 2.21. The lowest BCUT2D eigenvalue weighted by molar-refractivity contribution is 0.379. The van der Waals surface area contributed by atoms with Gasteiger partial charge in [-0.1, -0.05) is 31.2 Å². The van der Waals surface area contributed by atoms with Crippen LogP contribution in [-0.2, 0) is 6.42 Å². The van der Waals surface area contributed by atoms with Gasteiger partial charge in [-0.15, -0.1) is 0 Å². The summed E-state index contributed by atoms with van der Waals surface area (Å²) in [6.07, 6.45) is 6.34. The maximum Gasteiger partial charge on any atom is 0.144 e. The maximum atomic E-state index is 5.09. The maximum absolute atomic E-state index is 5.09. The highest BCUT2D eigenvalue weighted by molar-refractivity contribution is 5.55. The van der Waals surface area contributed by atoms with E-state index in [1.165, 1.54) is 5.56 Å². The summed E-state index contributed by atoms with van der Waals surface area (Å²) >= 11 is 0. The van der Waals surface area contributed by atoms with Gasteiger partial charge in [-0.05, 0) is 13.3 Å². The molecule has 0 radical (unpaired) electrons. The second kappa shape index (κ2) is 4.10. The van der Waals surface area contributed by atoms with Crippen molar-refractivity contribution in [2.45, 2.75) is 33.6 Å². The van der Waals surface area contributed by atoms with Gasteiger partial charge in [0.05, 0.1) is 5.69 Å². The molecular formula is C10H15NO. The van der Waals surface area contributed by atoms with Crippen molar-refractivity contribution in [3.8, 4) is 0 Å². The summed E-state index contributed by atoms with van der Waals surface area (Å²) in [5, 5.41) is 3.87. The summed E-state index contributed by atoms with van der Waals surface area (Å²) in [6.45, 7) is 5.97. The highest BCUT2D eigenvalue weighted by atomic mass is 16.5. The lowest BCUT2D eigenvalue weighted by atomic mass is 10.0. The second-order valence-corrected chi connectivity index (χ2v) is 2.55. The first kappa shape index (κ1) is 9.04. The summed E-state index contributed by atoms with van der Waals surface area (Å²) in [5.74, 6) is 1.04. The first-order valence-electron chi connectivity index (χ1n) is 4.49. The van der Waals surface area contributed by atoms with Crippen molar-refractivity contribution in [1.29, 1.82) is 0 Å². The minimum atomic E-state index is 1.01. The summed E-state index contributed by atoms with van der Waals surface area (Å²) in [7, 11) is 0. The number of fused-ring (bicyclic) bond motifs is 1. The van der Waals surface area contributed by atoms with Gasteiger partial charge in [-0.3, -0.25) is 0 Å². The number of hydrogen-bond donors (Lipinski definition) is 0. The van der Waals surface area contributed by atoms with E-state index in [0.717, 1.165) is 24.3 Å². The minimum absolute atomic E-state index is 1.01. The minimum Gasteiger partial charge on any atom is -0.360 e. The fraction of sp³-hybridized carbons (Fsp3) is 0.500. The fourth-order valence-corrected chi connectivity index (χ4v) is 1.23. The molecule has 0 amide bonds. The molecule has 66 valence electrons. The zero-order valence-electron chi connectivity index (χ0n) is 7.92. The molecule has 2 heteroatoms. The van der Waals surface area contributed by atoms with Gasteiger partial charge in [0, 0.05) is 12.0 Å². The van der Waals surface area contributed by atoms with Crippen molar-refractivity contribution in [1.82, 2.24) is 5.16 Å². The van der Waals surface area contributed by atoms with Crippen LogP contribution in [0.2, 0.25) is 0 Å². The normalized spacial score (nSPS) is 13.2. The van der Waals surface area contributed by atoms with Gasteiger partial charge in [0.1, 0.15) is 5.76 Å². The average molecular weight is 165 g/mol. The van der Waals surface area contributed by atoms with Crippen molar-refractivity contribution >= 4 is 6.08 Å². The molecule has 0 atom stereocenters. The third kappa shape index (κ3) is 1.58. The Bertz CT molecular complexity index is 273. The van der Waals surface area contributed by atoms with Crippen molar-refractivity contribution in [2.75, 3.05) is 0 Å². The number of allylic oxidation sites excluding steroid dienone is 1. The molecule has 1 heterocycles. The Labute approximate surface area is 73.3 Å². The summed E-state index contributed by atoms with van der Waals surface area (Å²) < 4.78 is 5.09. The molecule has 12 heavy (non-hydrogen) atoms.